The van der Waals surface area contributed by atoms with Gasteiger partial charge in [0.2, 0.25) is 0 Å². The van der Waals surface area contributed by atoms with Gasteiger partial charge in [-0.3, -0.25) is 19.7 Å². The van der Waals surface area contributed by atoms with Crippen LogP contribution in [-0.4, -0.2) is 48.8 Å². The van der Waals surface area contributed by atoms with Crippen LogP contribution in [0.25, 0.3) is 0 Å². The molecule has 2 aromatic carbocycles. The number of allylic oxidation sites excluding steroid dienone is 4. The van der Waals surface area contributed by atoms with Crippen LogP contribution in [0.1, 0.15) is 62.0 Å². The molecule has 3 aliphatic rings. The Labute approximate surface area is 252 Å². The SMILES string of the molecule is COCCCN1C2=C(C(=O)CCC2)C(c2cc(I)c(OCc3ccc([N+](=O)[O-])cc3)c(OC)c2)C2=C1CCCC2=O. The van der Waals surface area contributed by atoms with Crippen LogP contribution in [0.4, 0.5) is 5.69 Å². The third-order valence-electron chi connectivity index (χ3n) is 7.93. The fourth-order valence-corrected chi connectivity index (χ4v) is 6.88. The molecule has 41 heavy (non-hydrogen) atoms. The van der Waals surface area contributed by atoms with Gasteiger partial charge in [0.1, 0.15) is 6.61 Å². The zero-order valence-corrected chi connectivity index (χ0v) is 25.4. The van der Waals surface area contributed by atoms with Crippen LogP contribution in [0.15, 0.2) is 58.9 Å². The van der Waals surface area contributed by atoms with Gasteiger partial charge in [0.05, 0.1) is 15.6 Å². The van der Waals surface area contributed by atoms with Crippen molar-refractivity contribution in [3.63, 3.8) is 0 Å². The lowest BCUT2D eigenvalue weighted by atomic mass is 9.71. The molecule has 216 valence electrons. The molecule has 0 saturated carbocycles. The number of halogens is 1. The van der Waals surface area contributed by atoms with Crippen molar-refractivity contribution in [2.75, 3.05) is 27.4 Å². The van der Waals surface area contributed by atoms with Gasteiger partial charge in [-0.1, -0.05) is 0 Å². The molecule has 0 amide bonds. The number of rotatable bonds is 10. The van der Waals surface area contributed by atoms with Crippen molar-refractivity contribution >= 4 is 39.8 Å². The maximum atomic E-state index is 13.6. The summed E-state index contributed by atoms with van der Waals surface area (Å²) < 4.78 is 18.0. The van der Waals surface area contributed by atoms with Gasteiger partial charge in [-0.2, -0.15) is 0 Å². The minimum atomic E-state index is -0.439. The predicted octanol–water partition coefficient (Wildman–Crippen LogP) is 6.24. The number of carbonyl (C=O) groups excluding carboxylic acids is 2. The van der Waals surface area contributed by atoms with Crippen LogP contribution in [0.3, 0.4) is 0 Å². The molecule has 0 bridgehead atoms. The number of non-ortho nitro benzene ring substituents is 1. The lowest BCUT2D eigenvalue weighted by Crippen LogP contribution is -2.39. The summed E-state index contributed by atoms with van der Waals surface area (Å²) in [5.41, 5.74) is 5.21. The normalized spacial score (nSPS) is 17.5. The number of ether oxygens (including phenoxy) is 3. The van der Waals surface area contributed by atoms with Gasteiger partial charge in [-0.05, 0) is 90.1 Å². The molecule has 10 heteroatoms. The van der Waals surface area contributed by atoms with E-state index in [4.69, 9.17) is 14.2 Å². The van der Waals surface area contributed by atoms with E-state index >= 15 is 0 Å². The summed E-state index contributed by atoms with van der Waals surface area (Å²) in [4.78, 5) is 39.9. The van der Waals surface area contributed by atoms with Gasteiger partial charge in [-0.15, -0.1) is 0 Å². The highest BCUT2D eigenvalue weighted by molar-refractivity contribution is 14.1. The highest BCUT2D eigenvalue weighted by Gasteiger charge is 2.43. The molecule has 0 radical (unpaired) electrons. The molecule has 2 aliphatic carbocycles. The van der Waals surface area contributed by atoms with Crippen LogP contribution in [0.5, 0.6) is 11.5 Å². The van der Waals surface area contributed by atoms with E-state index in [2.05, 4.69) is 27.5 Å². The molecule has 0 aromatic heterocycles. The first-order valence-corrected chi connectivity index (χ1v) is 14.9. The van der Waals surface area contributed by atoms with Crippen LogP contribution in [-0.2, 0) is 20.9 Å². The average molecular weight is 673 g/mol. The van der Waals surface area contributed by atoms with E-state index in [9.17, 15) is 19.7 Å². The summed E-state index contributed by atoms with van der Waals surface area (Å²) >= 11 is 2.20. The van der Waals surface area contributed by atoms with Crippen LogP contribution >= 0.6 is 22.6 Å². The number of benzene rings is 2. The Hall–Kier alpha value is -3.25. The summed E-state index contributed by atoms with van der Waals surface area (Å²) in [6, 6.07) is 10.1. The smallest absolute Gasteiger partial charge is 0.269 e. The van der Waals surface area contributed by atoms with Crippen LogP contribution in [0.2, 0.25) is 0 Å². The molecule has 0 fully saturated rings. The van der Waals surface area contributed by atoms with Gasteiger partial charge in [0.25, 0.3) is 5.69 Å². The molecule has 9 nitrogen and oxygen atoms in total. The summed E-state index contributed by atoms with van der Waals surface area (Å²) in [5.74, 6) is 0.814. The van der Waals surface area contributed by atoms with Crippen LogP contribution < -0.4 is 9.47 Å². The van der Waals surface area contributed by atoms with Crippen molar-refractivity contribution < 1.29 is 28.7 Å². The fourth-order valence-electron chi connectivity index (χ4n) is 6.10. The molecular weight excluding hydrogens is 639 g/mol. The fraction of sp³-hybridized carbons (Fsp3) is 0.419. The summed E-state index contributed by atoms with van der Waals surface area (Å²) in [7, 11) is 3.25. The quantitative estimate of drug-likeness (QED) is 0.127. The third kappa shape index (κ3) is 5.90. The van der Waals surface area contributed by atoms with Crippen molar-refractivity contribution in [1.82, 2.24) is 4.90 Å². The minimum absolute atomic E-state index is 0.0203. The van der Waals surface area contributed by atoms with Gasteiger partial charge in [0.15, 0.2) is 23.1 Å². The second kappa shape index (κ2) is 12.7. The molecule has 0 unspecified atom stereocenters. The van der Waals surface area contributed by atoms with Crippen molar-refractivity contribution in [2.24, 2.45) is 0 Å². The van der Waals surface area contributed by atoms with E-state index in [1.165, 1.54) is 12.1 Å². The number of nitro groups is 1. The molecule has 2 aromatic rings. The molecule has 0 spiro atoms. The van der Waals surface area contributed by atoms with Crippen molar-refractivity contribution in [2.45, 2.75) is 57.5 Å². The molecule has 1 heterocycles. The van der Waals surface area contributed by atoms with E-state index in [-0.39, 0.29) is 23.9 Å². The minimum Gasteiger partial charge on any atom is -0.493 e. The number of nitro benzene ring substituents is 1. The number of hydrogen-bond acceptors (Lipinski definition) is 8. The predicted molar refractivity (Wildman–Crippen MR) is 161 cm³/mol. The van der Waals surface area contributed by atoms with Gasteiger partial charge in [-0.25, -0.2) is 0 Å². The first-order valence-electron chi connectivity index (χ1n) is 13.9. The Kier molecular flexibility index (Phi) is 9.08. The van der Waals surface area contributed by atoms with E-state index in [1.807, 2.05) is 12.1 Å². The first kappa shape index (κ1) is 29.2. The molecule has 0 N–H and O–H groups in total. The summed E-state index contributed by atoms with van der Waals surface area (Å²) in [6.45, 7) is 1.53. The Morgan fingerprint density at radius 3 is 2.17 bits per heavy atom. The summed E-state index contributed by atoms with van der Waals surface area (Å²) in [5, 5.41) is 11.0. The number of ketones is 2. The standard InChI is InChI=1S/C31H33IN2O7/c1-39-15-5-14-33-23-6-3-8-25(35)29(23)28(30-24(33)7-4-9-26(30)36)20-16-22(32)31(27(17-20)40-2)41-18-19-10-12-21(13-11-19)34(37)38/h10-13,16-17,28H,3-9,14-15,18H2,1-2H3. The number of nitrogens with zero attached hydrogens (tertiary/aromatic N) is 2. The highest BCUT2D eigenvalue weighted by atomic mass is 127. The van der Waals surface area contributed by atoms with E-state index < -0.39 is 10.8 Å². The Bertz CT molecular complexity index is 1390. The first-order chi connectivity index (χ1) is 19.8. The Morgan fingerprint density at radius 1 is 0.976 bits per heavy atom. The summed E-state index contributed by atoms with van der Waals surface area (Å²) in [6.07, 6.45) is 4.98. The van der Waals surface area contributed by atoms with E-state index in [0.717, 1.165) is 75.9 Å². The second-order valence-corrected chi connectivity index (χ2v) is 11.6. The molecule has 0 atom stereocenters. The largest absolute Gasteiger partial charge is 0.493 e. The van der Waals surface area contributed by atoms with Crippen molar-refractivity contribution in [3.05, 3.63) is 83.7 Å². The lowest BCUT2D eigenvalue weighted by Gasteiger charge is -2.44. The van der Waals surface area contributed by atoms with Gasteiger partial charge in [0, 0.05) is 73.7 Å². The monoisotopic (exact) mass is 672 g/mol. The van der Waals surface area contributed by atoms with Crippen LogP contribution in [0, 0.1) is 13.7 Å². The third-order valence-corrected chi connectivity index (χ3v) is 8.73. The lowest BCUT2D eigenvalue weighted by molar-refractivity contribution is -0.384. The van der Waals surface area contributed by atoms with E-state index in [1.54, 1.807) is 26.4 Å². The average Bonchev–Trinajstić information content (AvgIpc) is 2.96. The zero-order valence-electron chi connectivity index (χ0n) is 23.2. The molecular formula is C31H33IN2O7. The maximum absolute atomic E-state index is 13.6. The topological polar surface area (TPSA) is 108 Å². The number of methoxy groups -OCH3 is 2. The van der Waals surface area contributed by atoms with Crippen molar-refractivity contribution in [1.29, 1.82) is 0 Å². The second-order valence-electron chi connectivity index (χ2n) is 10.5. The Morgan fingerprint density at radius 2 is 1.61 bits per heavy atom. The van der Waals surface area contributed by atoms with Crippen molar-refractivity contribution in [3.8, 4) is 11.5 Å². The Balaban J connectivity index is 1.53. The molecule has 0 saturated heterocycles. The van der Waals surface area contributed by atoms with Gasteiger partial charge < -0.3 is 19.1 Å². The number of carbonyl (C=O) groups is 2. The van der Waals surface area contributed by atoms with Gasteiger partial charge >= 0.3 is 0 Å². The number of hydrogen-bond donors (Lipinski definition) is 0. The molecule has 5 rings (SSSR count). The number of Topliss-reactive ketones (excluding diaryl/α,β-unsaturated/α-hetero) is 2. The highest BCUT2D eigenvalue weighted by Crippen LogP contribution is 2.50. The van der Waals surface area contributed by atoms with E-state index in [0.29, 0.717) is 30.9 Å². The maximum Gasteiger partial charge on any atom is 0.269 e. The zero-order chi connectivity index (χ0) is 29.1. The molecule has 1 aliphatic heterocycles.